The molecular formula is C12H12O8P2. The van der Waals surface area contributed by atoms with Gasteiger partial charge in [-0.25, -0.2) is 9.13 Å². The first-order valence-corrected chi connectivity index (χ1v) is 8.85. The summed E-state index contributed by atoms with van der Waals surface area (Å²) in [5, 5.41) is 9.22. The molecule has 0 bridgehead atoms. The highest BCUT2D eigenvalue weighted by molar-refractivity contribution is 7.61. The Kier molecular flexibility index (Phi) is 4.90. The van der Waals surface area contributed by atoms with Gasteiger partial charge in [-0.1, -0.05) is 24.3 Å². The molecule has 0 amide bonds. The van der Waals surface area contributed by atoms with E-state index in [1.807, 2.05) is 0 Å². The SMILES string of the molecule is O=P(O)(Oc1ccccc1)OP(=O)(O)Oc1cccc(O)c1. The van der Waals surface area contributed by atoms with E-state index in [4.69, 9.17) is 0 Å². The lowest BCUT2D eigenvalue weighted by molar-refractivity contribution is 0.234. The highest BCUT2D eigenvalue weighted by Crippen LogP contribution is 2.59. The molecule has 0 aliphatic rings. The largest absolute Gasteiger partial charge is 0.537 e. The monoisotopic (exact) mass is 346 g/mol. The molecule has 0 aromatic heterocycles. The van der Waals surface area contributed by atoms with Crippen LogP contribution in [0.1, 0.15) is 0 Å². The maximum Gasteiger partial charge on any atom is 0.537 e. The Bertz CT molecular complexity index is 733. The zero-order chi connectivity index (χ0) is 16.2. The average molecular weight is 346 g/mol. The summed E-state index contributed by atoms with van der Waals surface area (Å²) in [4.78, 5) is 19.0. The fourth-order valence-electron chi connectivity index (χ4n) is 1.45. The van der Waals surface area contributed by atoms with E-state index in [1.165, 1.54) is 42.5 Å². The van der Waals surface area contributed by atoms with Crippen molar-refractivity contribution in [1.29, 1.82) is 0 Å². The van der Waals surface area contributed by atoms with Gasteiger partial charge in [-0.15, -0.1) is 0 Å². The number of hydrogen-bond acceptors (Lipinski definition) is 6. The van der Waals surface area contributed by atoms with Crippen molar-refractivity contribution in [2.45, 2.75) is 0 Å². The number of benzene rings is 2. The molecule has 0 aliphatic heterocycles. The standard InChI is InChI=1S/C12H12O8P2/c13-10-5-4-8-12(9-10)19-22(16,17)20-21(14,15)18-11-6-2-1-3-7-11/h1-9,13H,(H,14,15)(H,16,17). The number of phenolic OH excluding ortho intramolecular Hbond substituents is 1. The Morgan fingerprint density at radius 1 is 0.773 bits per heavy atom. The molecule has 0 saturated heterocycles. The van der Waals surface area contributed by atoms with E-state index in [0.29, 0.717) is 0 Å². The zero-order valence-corrected chi connectivity index (χ0v) is 12.8. The van der Waals surface area contributed by atoms with Crippen LogP contribution in [0.5, 0.6) is 17.2 Å². The second-order valence-electron chi connectivity index (χ2n) is 4.01. The number of phosphoric ester groups is 2. The van der Waals surface area contributed by atoms with Crippen LogP contribution in [0.3, 0.4) is 0 Å². The summed E-state index contributed by atoms with van der Waals surface area (Å²) in [6, 6.07) is 12.4. The Morgan fingerprint density at radius 2 is 1.32 bits per heavy atom. The Hall–Kier alpha value is -1.82. The Labute approximate surface area is 125 Å². The first-order chi connectivity index (χ1) is 10.3. The lowest BCUT2D eigenvalue weighted by Crippen LogP contribution is -2.00. The third-order valence-electron chi connectivity index (χ3n) is 2.21. The molecule has 0 radical (unpaired) electrons. The van der Waals surface area contributed by atoms with Crippen molar-refractivity contribution >= 4 is 15.6 Å². The summed E-state index contributed by atoms with van der Waals surface area (Å²) in [7, 11) is -9.83. The van der Waals surface area contributed by atoms with Crippen LogP contribution >= 0.6 is 15.6 Å². The smallest absolute Gasteiger partial charge is 0.508 e. The van der Waals surface area contributed by atoms with Gasteiger partial charge >= 0.3 is 15.6 Å². The van der Waals surface area contributed by atoms with Crippen molar-refractivity contribution < 1.29 is 37.4 Å². The van der Waals surface area contributed by atoms with Crippen LogP contribution in [0.4, 0.5) is 0 Å². The van der Waals surface area contributed by atoms with Gasteiger partial charge in [0.25, 0.3) is 0 Å². The summed E-state index contributed by atoms with van der Waals surface area (Å²) in [6.07, 6.45) is 0. The van der Waals surface area contributed by atoms with E-state index < -0.39 is 15.6 Å². The zero-order valence-electron chi connectivity index (χ0n) is 11.0. The van der Waals surface area contributed by atoms with Gasteiger partial charge in [0, 0.05) is 6.07 Å². The van der Waals surface area contributed by atoms with E-state index in [0.717, 1.165) is 6.07 Å². The summed E-state index contributed by atoms with van der Waals surface area (Å²) >= 11 is 0. The van der Waals surface area contributed by atoms with Crippen LogP contribution in [-0.4, -0.2) is 14.9 Å². The fourth-order valence-corrected chi connectivity index (χ4v) is 3.53. The first-order valence-electron chi connectivity index (χ1n) is 5.86. The van der Waals surface area contributed by atoms with Gasteiger partial charge in [0.15, 0.2) is 0 Å². The molecule has 2 aromatic carbocycles. The van der Waals surface area contributed by atoms with Crippen molar-refractivity contribution in [3.63, 3.8) is 0 Å². The van der Waals surface area contributed by atoms with E-state index in [2.05, 4.69) is 13.4 Å². The minimum absolute atomic E-state index is 0.0225. The first kappa shape index (κ1) is 16.5. The van der Waals surface area contributed by atoms with E-state index in [1.54, 1.807) is 6.07 Å². The topological polar surface area (TPSA) is 123 Å². The molecule has 0 aliphatic carbocycles. The van der Waals surface area contributed by atoms with E-state index >= 15 is 0 Å². The predicted molar refractivity (Wildman–Crippen MR) is 76.5 cm³/mol. The van der Waals surface area contributed by atoms with Gasteiger partial charge in [-0.05, 0) is 24.3 Å². The summed E-state index contributed by atoms with van der Waals surface area (Å²) < 4.78 is 36.8. The van der Waals surface area contributed by atoms with Crippen LogP contribution in [0.2, 0.25) is 0 Å². The highest BCUT2D eigenvalue weighted by Gasteiger charge is 2.37. The second-order valence-corrected chi connectivity index (χ2v) is 6.90. The van der Waals surface area contributed by atoms with Crippen molar-refractivity contribution in [1.82, 2.24) is 0 Å². The van der Waals surface area contributed by atoms with Crippen LogP contribution in [0.15, 0.2) is 54.6 Å². The minimum atomic E-state index is -4.94. The lowest BCUT2D eigenvalue weighted by atomic mass is 10.3. The Balaban J connectivity index is 2.07. The van der Waals surface area contributed by atoms with E-state index in [-0.39, 0.29) is 17.2 Å². The number of phosphoric acid groups is 2. The second kappa shape index (κ2) is 6.52. The molecule has 0 spiro atoms. The molecule has 118 valence electrons. The number of hydrogen-bond donors (Lipinski definition) is 3. The van der Waals surface area contributed by atoms with E-state index in [9.17, 15) is 24.0 Å². The highest BCUT2D eigenvalue weighted by atomic mass is 31.3. The maximum atomic E-state index is 11.7. The molecule has 8 nitrogen and oxygen atoms in total. The maximum absolute atomic E-state index is 11.7. The number of aromatic hydroxyl groups is 1. The van der Waals surface area contributed by atoms with Crippen LogP contribution < -0.4 is 9.05 Å². The lowest BCUT2D eigenvalue weighted by Gasteiger charge is -2.16. The molecule has 2 rings (SSSR count). The van der Waals surface area contributed by atoms with Crippen molar-refractivity contribution in [2.75, 3.05) is 0 Å². The molecule has 22 heavy (non-hydrogen) atoms. The van der Waals surface area contributed by atoms with Crippen LogP contribution in [0, 0.1) is 0 Å². The summed E-state index contributed by atoms with van der Waals surface area (Å²) in [5.41, 5.74) is 0. The van der Waals surface area contributed by atoms with Crippen molar-refractivity contribution in [2.24, 2.45) is 0 Å². The molecule has 0 heterocycles. The quantitative estimate of drug-likeness (QED) is 0.682. The fraction of sp³-hybridized carbons (Fsp3) is 0. The van der Waals surface area contributed by atoms with Gasteiger partial charge < -0.3 is 14.2 Å². The van der Waals surface area contributed by atoms with Gasteiger partial charge in [-0.2, -0.15) is 4.31 Å². The van der Waals surface area contributed by atoms with Gasteiger partial charge in [0.2, 0.25) is 0 Å². The summed E-state index contributed by atoms with van der Waals surface area (Å²) in [5.74, 6) is -0.457. The molecule has 2 atom stereocenters. The molecular weight excluding hydrogens is 334 g/mol. The normalized spacial score (nSPS) is 16.3. The third kappa shape index (κ3) is 5.18. The molecule has 10 heteroatoms. The van der Waals surface area contributed by atoms with Crippen molar-refractivity contribution in [3.05, 3.63) is 54.6 Å². The average Bonchev–Trinajstić information content (AvgIpc) is 2.36. The third-order valence-corrected chi connectivity index (χ3v) is 4.74. The minimum Gasteiger partial charge on any atom is -0.508 e. The van der Waals surface area contributed by atoms with Gasteiger partial charge in [0.1, 0.15) is 17.2 Å². The van der Waals surface area contributed by atoms with Crippen LogP contribution in [0.25, 0.3) is 0 Å². The summed E-state index contributed by atoms with van der Waals surface area (Å²) in [6.45, 7) is 0. The molecule has 2 aromatic rings. The Morgan fingerprint density at radius 3 is 1.91 bits per heavy atom. The van der Waals surface area contributed by atoms with Gasteiger partial charge in [-0.3, -0.25) is 9.79 Å². The van der Waals surface area contributed by atoms with Crippen molar-refractivity contribution in [3.8, 4) is 17.2 Å². The number of phenols is 1. The molecule has 0 fully saturated rings. The number of rotatable bonds is 6. The van der Waals surface area contributed by atoms with Gasteiger partial charge in [0.05, 0.1) is 0 Å². The molecule has 2 unspecified atom stereocenters. The predicted octanol–water partition coefficient (Wildman–Crippen LogP) is 3.07. The molecule has 0 saturated carbocycles. The number of para-hydroxylation sites is 1. The molecule has 3 N–H and O–H groups in total. The van der Waals surface area contributed by atoms with Crippen LogP contribution in [-0.2, 0) is 13.4 Å².